The number of aromatic nitrogens is 3. The smallest absolute Gasteiger partial charge is 0.318 e. The predicted octanol–water partition coefficient (Wildman–Crippen LogP) is 2.44. The molecule has 37 heavy (non-hydrogen) atoms. The summed E-state index contributed by atoms with van der Waals surface area (Å²) in [6, 6.07) is 9.22. The highest BCUT2D eigenvalue weighted by atomic mass is 32.2. The van der Waals surface area contributed by atoms with Crippen molar-refractivity contribution in [1.29, 1.82) is 0 Å². The summed E-state index contributed by atoms with van der Waals surface area (Å²) in [6.45, 7) is 5.24. The Hall–Kier alpha value is -3.28. The number of methoxy groups -OCH3 is 1. The molecule has 2 saturated heterocycles. The van der Waals surface area contributed by atoms with Crippen LogP contribution in [0.4, 0.5) is 5.82 Å². The van der Waals surface area contributed by atoms with E-state index < -0.39 is 15.6 Å². The first-order valence-electron chi connectivity index (χ1n) is 12.2. The number of aliphatic hydroxyl groups is 1. The molecule has 0 bridgehead atoms. The summed E-state index contributed by atoms with van der Waals surface area (Å²) in [5.41, 5.74) is 1.22. The van der Waals surface area contributed by atoms with Crippen LogP contribution in [0.3, 0.4) is 0 Å². The van der Waals surface area contributed by atoms with Crippen LogP contribution >= 0.6 is 0 Å². The first kappa shape index (κ1) is 25.4. The molecule has 2 aromatic heterocycles. The third kappa shape index (κ3) is 4.98. The lowest BCUT2D eigenvalue weighted by Crippen LogP contribution is -2.56. The number of nitrogens with zero attached hydrogens (tertiary/aromatic N) is 5. The van der Waals surface area contributed by atoms with E-state index in [1.54, 1.807) is 51.7 Å². The standard InChI is InChI=1S/C26H31N5O5S/c1-18-13-21(35-3)14-19(2)24(18)37(33,34)31-16-22(17-31)36-25-28-10-6-23(29-25)30-11-7-26(32,8-12-30)20-5-4-9-27-15-20/h4-6,9-10,13-15,22,32H,7-8,11-12,16-17H2,1-3H3. The molecule has 0 saturated carbocycles. The summed E-state index contributed by atoms with van der Waals surface area (Å²) in [6.07, 6.45) is 5.82. The Morgan fingerprint density at radius 1 is 1.08 bits per heavy atom. The normalized spacial score (nSPS) is 18.3. The van der Waals surface area contributed by atoms with Gasteiger partial charge in [-0.25, -0.2) is 13.4 Å². The van der Waals surface area contributed by atoms with E-state index in [-0.39, 0.29) is 25.2 Å². The minimum atomic E-state index is -3.65. The van der Waals surface area contributed by atoms with Gasteiger partial charge in [0.2, 0.25) is 10.0 Å². The zero-order valence-electron chi connectivity index (χ0n) is 21.2. The van der Waals surface area contributed by atoms with Crippen LogP contribution in [0.1, 0.15) is 29.5 Å². The fourth-order valence-electron chi connectivity index (χ4n) is 4.98. The van der Waals surface area contributed by atoms with E-state index >= 15 is 0 Å². The molecule has 10 nitrogen and oxygen atoms in total. The van der Waals surface area contributed by atoms with E-state index in [9.17, 15) is 13.5 Å². The minimum Gasteiger partial charge on any atom is -0.497 e. The molecule has 0 radical (unpaired) electrons. The van der Waals surface area contributed by atoms with Crippen LogP contribution in [0.25, 0.3) is 0 Å². The second kappa shape index (κ2) is 9.88. The van der Waals surface area contributed by atoms with Crippen LogP contribution < -0.4 is 14.4 Å². The van der Waals surface area contributed by atoms with Crippen molar-refractivity contribution in [3.05, 3.63) is 65.6 Å². The van der Waals surface area contributed by atoms with Crippen LogP contribution in [0.15, 0.2) is 53.8 Å². The molecular weight excluding hydrogens is 494 g/mol. The third-order valence-corrected chi connectivity index (χ3v) is 9.22. The lowest BCUT2D eigenvalue weighted by atomic mass is 9.85. The molecule has 2 aliphatic rings. The van der Waals surface area contributed by atoms with E-state index in [4.69, 9.17) is 9.47 Å². The van der Waals surface area contributed by atoms with Crippen molar-refractivity contribution in [3.8, 4) is 11.8 Å². The molecule has 4 heterocycles. The van der Waals surface area contributed by atoms with Gasteiger partial charge < -0.3 is 19.5 Å². The monoisotopic (exact) mass is 525 g/mol. The number of sulfonamides is 1. The summed E-state index contributed by atoms with van der Waals surface area (Å²) in [4.78, 5) is 15.3. The second-order valence-electron chi connectivity index (χ2n) is 9.61. The number of hydrogen-bond acceptors (Lipinski definition) is 9. The molecule has 11 heteroatoms. The number of anilines is 1. The molecule has 2 aliphatic heterocycles. The molecule has 2 fully saturated rings. The lowest BCUT2D eigenvalue weighted by Gasteiger charge is -2.39. The molecule has 0 aliphatic carbocycles. The van der Waals surface area contributed by atoms with Crippen LogP contribution in [0, 0.1) is 13.8 Å². The lowest BCUT2D eigenvalue weighted by molar-refractivity contribution is 0.0113. The maximum atomic E-state index is 13.2. The van der Waals surface area contributed by atoms with Crippen LogP contribution in [-0.2, 0) is 15.6 Å². The number of benzene rings is 1. The number of pyridine rings is 1. The Morgan fingerprint density at radius 3 is 2.41 bits per heavy atom. The van der Waals surface area contributed by atoms with Gasteiger partial charge in [-0.2, -0.15) is 9.29 Å². The largest absolute Gasteiger partial charge is 0.497 e. The van der Waals surface area contributed by atoms with Crippen molar-refractivity contribution in [2.24, 2.45) is 0 Å². The molecule has 1 aromatic carbocycles. The molecule has 0 unspecified atom stereocenters. The molecule has 196 valence electrons. The zero-order chi connectivity index (χ0) is 26.2. The Balaban J connectivity index is 1.20. The maximum Gasteiger partial charge on any atom is 0.318 e. The summed E-state index contributed by atoms with van der Waals surface area (Å²) < 4.78 is 39.1. The van der Waals surface area contributed by atoms with Gasteiger partial charge >= 0.3 is 6.01 Å². The van der Waals surface area contributed by atoms with Gasteiger partial charge in [-0.1, -0.05) is 6.07 Å². The SMILES string of the molecule is COc1cc(C)c(S(=O)(=O)N2CC(Oc3nccc(N4CCC(O)(c5cccnc5)CC4)n3)C2)c(C)c1. The first-order chi connectivity index (χ1) is 17.7. The summed E-state index contributed by atoms with van der Waals surface area (Å²) in [7, 11) is -2.09. The zero-order valence-corrected chi connectivity index (χ0v) is 22.0. The van der Waals surface area contributed by atoms with Crippen LogP contribution in [0.5, 0.6) is 11.8 Å². The second-order valence-corrected chi connectivity index (χ2v) is 11.5. The number of rotatable bonds is 7. The van der Waals surface area contributed by atoms with Gasteiger partial charge in [-0.05, 0) is 62.1 Å². The van der Waals surface area contributed by atoms with E-state index in [1.807, 2.05) is 18.2 Å². The first-order valence-corrected chi connectivity index (χ1v) is 13.7. The highest BCUT2D eigenvalue weighted by molar-refractivity contribution is 7.89. The Morgan fingerprint density at radius 2 is 1.78 bits per heavy atom. The molecule has 1 N–H and O–H groups in total. The minimum absolute atomic E-state index is 0.212. The van der Waals surface area contributed by atoms with Gasteiger partial charge in [-0.15, -0.1) is 0 Å². The van der Waals surface area contributed by atoms with Crippen molar-refractivity contribution < 1.29 is 23.0 Å². The fourth-order valence-corrected chi connectivity index (χ4v) is 6.90. The highest BCUT2D eigenvalue weighted by Gasteiger charge is 2.40. The van der Waals surface area contributed by atoms with E-state index in [2.05, 4.69) is 19.9 Å². The fraction of sp³-hybridized carbons (Fsp3) is 0.423. The van der Waals surface area contributed by atoms with E-state index in [0.29, 0.717) is 53.5 Å². The predicted molar refractivity (Wildman–Crippen MR) is 137 cm³/mol. The topological polar surface area (TPSA) is 118 Å². The van der Waals surface area contributed by atoms with Crippen molar-refractivity contribution >= 4 is 15.8 Å². The average Bonchev–Trinajstić information content (AvgIpc) is 2.86. The molecule has 0 atom stereocenters. The number of aryl methyl sites for hydroxylation is 2. The van der Waals surface area contributed by atoms with Crippen molar-refractivity contribution in [1.82, 2.24) is 19.3 Å². The van der Waals surface area contributed by atoms with Gasteiger partial charge in [0.15, 0.2) is 0 Å². The van der Waals surface area contributed by atoms with Gasteiger partial charge in [0.05, 0.1) is 30.7 Å². The molecule has 0 spiro atoms. The van der Waals surface area contributed by atoms with Crippen LogP contribution in [0.2, 0.25) is 0 Å². The number of ether oxygens (including phenoxy) is 2. The van der Waals surface area contributed by atoms with Gasteiger partial charge in [-0.3, -0.25) is 4.98 Å². The average molecular weight is 526 g/mol. The van der Waals surface area contributed by atoms with Crippen molar-refractivity contribution in [2.75, 3.05) is 38.2 Å². The maximum absolute atomic E-state index is 13.2. The molecular formula is C26H31N5O5S. The Bertz CT molecular complexity index is 1350. The van der Waals surface area contributed by atoms with Crippen molar-refractivity contribution in [3.63, 3.8) is 0 Å². The molecule has 5 rings (SSSR count). The highest BCUT2D eigenvalue weighted by Crippen LogP contribution is 2.34. The van der Waals surface area contributed by atoms with Crippen molar-refractivity contribution in [2.45, 2.75) is 43.3 Å². The summed E-state index contributed by atoms with van der Waals surface area (Å²) >= 11 is 0. The summed E-state index contributed by atoms with van der Waals surface area (Å²) in [5, 5.41) is 11.1. The Kier molecular flexibility index (Phi) is 6.78. The van der Waals surface area contributed by atoms with E-state index in [0.717, 1.165) is 5.56 Å². The van der Waals surface area contributed by atoms with Gasteiger partial charge in [0.1, 0.15) is 17.7 Å². The van der Waals surface area contributed by atoms with E-state index in [1.165, 1.54) is 4.31 Å². The number of piperidine rings is 1. The quantitative estimate of drug-likeness (QED) is 0.496. The molecule has 3 aromatic rings. The van der Waals surface area contributed by atoms with Crippen LogP contribution in [-0.4, -0.2) is 72.2 Å². The van der Waals surface area contributed by atoms with Gasteiger partial charge in [0.25, 0.3) is 0 Å². The van der Waals surface area contributed by atoms with Gasteiger partial charge in [0, 0.05) is 37.2 Å². The third-order valence-electron chi connectivity index (χ3n) is 7.09. The number of hydrogen-bond donors (Lipinski definition) is 1. The molecule has 0 amide bonds. The Labute approximate surface area is 217 Å². The summed E-state index contributed by atoms with van der Waals surface area (Å²) in [5.74, 6) is 1.35.